The predicted molar refractivity (Wildman–Crippen MR) is 117 cm³/mol. The number of carbonyl (C=O) groups excluding carboxylic acids is 2. The van der Waals surface area contributed by atoms with E-state index >= 15 is 0 Å². The van der Waals surface area contributed by atoms with Gasteiger partial charge in [-0.15, -0.1) is 0 Å². The largest absolute Gasteiger partial charge is 0.474 e. The molecule has 0 aromatic heterocycles. The van der Waals surface area contributed by atoms with Crippen LogP contribution >= 0.6 is 0 Å². The molecule has 4 rings (SSSR count). The number of ether oxygens (including phenoxy) is 3. The van der Waals surface area contributed by atoms with Crippen molar-refractivity contribution in [1.82, 2.24) is 0 Å². The zero-order valence-corrected chi connectivity index (χ0v) is 17.3. The van der Waals surface area contributed by atoms with Crippen molar-refractivity contribution in [2.24, 2.45) is 0 Å². The normalized spacial score (nSPS) is 14.6. The number of hydrogen-bond acceptors (Lipinski definition) is 5. The second kappa shape index (κ2) is 8.88. The summed E-state index contributed by atoms with van der Waals surface area (Å²) in [5.74, 6) is 0.399. The summed E-state index contributed by atoms with van der Waals surface area (Å²) in [6.45, 7) is 3.97. The van der Waals surface area contributed by atoms with Crippen LogP contribution in [0.5, 0.6) is 11.5 Å². The highest BCUT2D eigenvalue weighted by Crippen LogP contribution is 2.36. The summed E-state index contributed by atoms with van der Waals surface area (Å²) < 4.78 is 17.0. The molecule has 5 heteroatoms. The molecule has 1 aliphatic rings. The zero-order chi connectivity index (χ0) is 21.8. The lowest BCUT2D eigenvalue weighted by Gasteiger charge is -2.18. The van der Waals surface area contributed by atoms with Gasteiger partial charge >= 0.3 is 5.97 Å². The number of carbonyl (C=O) groups is 2. The molecular weight excluding hydrogens is 392 g/mol. The molecule has 1 heterocycles. The van der Waals surface area contributed by atoms with Crippen molar-refractivity contribution in [2.45, 2.75) is 20.0 Å². The lowest BCUT2D eigenvalue weighted by atomic mass is 10.1. The summed E-state index contributed by atoms with van der Waals surface area (Å²) in [6.07, 6.45) is 0.821. The maximum atomic E-state index is 12.8. The summed E-state index contributed by atoms with van der Waals surface area (Å²) in [5, 5.41) is 0. The van der Waals surface area contributed by atoms with Crippen molar-refractivity contribution < 1.29 is 23.8 Å². The molecule has 0 fully saturated rings. The van der Waals surface area contributed by atoms with Crippen LogP contribution in [0, 0.1) is 6.92 Å². The number of aryl methyl sites for hydroxylation is 1. The molecule has 0 N–H and O–H groups in total. The Morgan fingerprint density at radius 1 is 1.03 bits per heavy atom. The van der Waals surface area contributed by atoms with E-state index in [2.05, 4.69) is 0 Å². The van der Waals surface area contributed by atoms with Crippen LogP contribution in [0.4, 0.5) is 0 Å². The Balaban J connectivity index is 1.60. The molecule has 0 aliphatic carbocycles. The minimum atomic E-state index is -0.918. The Morgan fingerprint density at radius 3 is 2.52 bits per heavy atom. The molecule has 0 radical (unpaired) electrons. The van der Waals surface area contributed by atoms with Gasteiger partial charge in [-0.2, -0.15) is 0 Å². The first kappa shape index (κ1) is 20.4. The average Bonchev–Trinajstić information content (AvgIpc) is 3.09. The monoisotopic (exact) mass is 414 g/mol. The number of benzene rings is 3. The van der Waals surface area contributed by atoms with Crippen LogP contribution in [0.1, 0.15) is 40.1 Å². The van der Waals surface area contributed by atoms with Gasteiger partial charge in [0, 0.05) is 11.6 Å². The number of rotatable bonds is 6. The minimum absolute atomic E-state index is 0.185. The Hall–Kier alpha value is -3.86. The van der Waals surface area contributed by atoms with Crippen molar-refractivity contribution in [2.75, 3.05) is 6.61 Å². The third-order valence-electron chi connectivity index (χ3n) is 4.97. The Bertz CT molecular complexity index is 1150. The molecule has 3 aromatic rings. The number of hydrogen-bond donors (Lipinski definition) is 0. The van der Waals surface area contributed by atoms with E-state index in [1.807, 2.05) is 49.4 Å². The lowest BCUT2D eigenvalue weighted by Crippen LogP contribution is -2.21. The zero-order valence-electron chi connectivity index (χ0n) is 17.3. The highest BCUT2D eigenvalue weighted by Gasteiger charge is 2.29. The molecular formula is C26H22O5. The molecule has 0 unspecified atom stereocenters. The van der Waals surface area contributed by atoms with Gasteiger partial charge in [-0.3, -0.25) is 4.79 Å². The van der Waals surface area contributed by atoms with Gasteiger partial charge in [0.25, 0.3) is 0 Å². The van der Waals surface area contributed by atoms with Crippen LogP contribution in [0.25, 0.3) is 6.08 Å². The lowest BCUT2D eigenvalue weighted by molar-refractivity contribution is -0.151. The fraction of sp³-hybridized carbons (Fsp3) is 0.154. The van der Waals surface area contributed by atoms with Crippen LogP contribution in [-0.2, 0) is 9.53 Å². The molecule has 156 valence electrons. The number of Topliss-reactive ketones (excluding diaryl/α,β-unsaturated/α-hetero) is 1. The van der Waals surface area contributed by atoms with Gasteiger partial charge in [0.2, 0.25) is 11.9 Å². The van der Waals surface area contributed by atoms with E-state index < -0.39 is 12.1 Å². The van der Waals surface area contributed by atoms with E-state index in [4.69, 9.17) is 14.2 Å². The van der Waals surface area contributed by atoms with E-state index in [-0.39, 0.29) is 18.1 Å². The Kier molecular flexibility index (Phi) is 5.85. The second-order valence-electron chi connectivity index (χ2n) is 7.11. The molecule has 0 saturated carbocycles. The molecule has 1 atom stereocenters. The van der Waals surface area contributed by atoms with Gasteiger partial charge in [0.1, 0.15) is 11.5 Å². The molecule has 0 spiro atoms. The van der Waals surface area contributed by atoms with Crippen molar-refractivity contribution in [1.29, 1.82) is 0 Å². The molecule has 31 heavy (non-hydrogen) atoms. The number of allylic oxidation sites excluding steroid dienone is 1. The predicted octanol–water partition coefficient (Wildman–Crippen LogP) is 5.29. The molecule has 3 aromatic carbocycles. The summed E-state index contributed by atoms with van der Waals surface area (Å²) >= 11 is 0. The highest BCUT2D eigenvalue weighted by atomic mass is 16.6. The van der Waals surface area contributed by atoms with Gasteiger partial charge in [-0.25, -0.2) is 4.79 Å². The van der Waals surface area contributed by atoms with Gasteiger partial charge in [-0.05, 0) is 43.2 Å². The van der Waals surface area contributed by atoms with Crippen molar-refractivity contribution in [3.63, 3.8) is 0 Å². The van der Waals surface area contributed by atoms with Gasteiger partial charge in [0.05, 0.1) is 12.2 Å². The van der Waals surface area contributed by atoms with Crippen molar-refractivity contribution >= 4 is 17.8 Å². The fourth-order valence-corrected chi connectivity index (χ4v) is 3.36. The van der Waals surface area contributed by atoms with E-state index in [9.17, 15) is 9.59 Å². The quantitative estimate of drug-likeness (QED) is 0.405. The third-order valence-corrected chi connectivity index (χ3v) is 4.97. The molecule has 1 aliphatic heterocycles. The molecule has 0 saturated heterocycles. The first-order valence-corrected chi connectivity index (χ1v) is 10.1. The van der Waals surface area contributed by atoms with Crippen LogP contribution < -0.4 is 9.47 Å². The number of ketones is 1. The van der Waals surface area contributed by atoms with E-state index in [1.165, 1.54) is 0 Å². The summed E-state index contributed by atoms with van der Waals surface area (Å²) in [6, 6.07) is 21.8. The molecule has 5 nitrogen and oxygen atoms in total. The van der Waals surface area contributed by atoms with Crippen molar-refractivity contribution in [3.05, 3.63) is 101 Å². The summed E-state index contributed by atoms with van der Waals surface area (Å²) in [4.78, 5) is 25.2. The molecule has 0 amide bonds. The number of esters is 1. The smallest absolute Gasteiger partial charge is 0.352 e. The van der Waals surface area contributed by atoms with Crippen LogP contribution in [0.3, 0.4) is 0 Å². The van der Waals surface area contributed by atoms with Gasteiger partial charge in [0.15, 0.2) is 5.76 Å². The van der Waals surface area contributed by atoms with Gasteiger partial charge < -0.3 is 14.2 Å². The maximum absolute atomic E-state index is 12.8. The summed E-state index contributed by atoms with van der Waals surface area (Å²) in [5.41, 5.74) is 3.10. The SMILES string of the molecule is CCOC(=O)[C@H](Oc1ccc2c(c1)O/C(=C/c1ccccc1C)C2=O)c1ccccc1. The van der Waals surface area contributed by atoms with E-state index in [0.29, 0.717) is 22.6 Å². The Labute approximate surface area is 180 Å². The number of fused-ring (bicyclic) bond motifs is 1. The average molecular weight is 414 g/mol. The van der Waals surface area contributed by atoms with Crippen molar-refractivity contribution in [3.8, 4) is 11.5 Å². The van der Waals surface area contributed by atoms with Crippen LogP contribution in [0.15, 0.2) is 78.6 Å². The minimum Gasteiger partial charge on any atom is -0.474 e. The molecule has 0 bridgehead atoms. The third kappa shape index (κ3) is 4.36. The Morgan fingerprint density at radius 2 is 1.77 bits per heavy atom. The maximum Gasteiger partial charge on any atom is 0.352 e. The highest BCUT2D eigenvalue weighted by molar-refractivity contribution is 6.14. The summed E-state index contributed by atoms with van der Waals surface area (Å²) in [7, 11) is 0. The van der Waals surface area contributed by atoms with Crippen LogP contribution in [0.2, 0.25) is 0 Å². The second-order valence-corrected chi connectivity index (χ2v) is 7.11. The standard InChI is InChI=1S/C26H22O5/c1-3-29-26(28)25(18-10-5-4-6-11-18)30-20-13-14-21-22(16-20)31-23(24(21)27)15-19-12-8-7-9-17(19)2/h4-16,25H,3H2,1-2H3/b23-15+/t25-/m1/s1. The first-order chi connectivity index (χ1) is 15.1. The van der Waals surface area contributed by atoms with Gasteiger partial charge in [-0.1, -0.05) is 54.6 Å². The van der Waals surface area contributed by atoms with E-state index in [0.717, 1.165) is 11.1 Å². The first-order valence-electron chi connectivity index (χ1n) is 10.1. The topological polar surface area (TPSA) is 61.8 Å². The van der Waals surface area contributed by atoms with E-state index in [1.54, 1.807) is 43.3 Å². The fourth-order valence-electron chi connectivity index (χ4n) is 3.36. The van der Waals surface area contributed by atoms with Crippen LogP contribution in [-0.4, -0.2) is 18.4 Å².